The largest absolute Gasteiger partial charge is 0.322 e. The van der Waals surface area contributed by atoms with Gasteiger partial charge in [-0.25, -0.2) is 4.98 Å². The van der Waals surface area contributed by atoms with Crippen LogP contribution in [0, 0.1) is 0 Å². The lowest BCUT2D eigenvalue weighted by atomic mass is 10.1. The fourth-order valence-electron chi connectivity index (χ4n) is 4.03. The third-order valence-corrected chi connectivity index (χ3v) is 6.01. The number of aromatic nitrogens is 2. The Balaban J connectivity index is 1.25. The van der Waals surface area contributed by atoms with Gasteiger partial charge in [-0.1, -0.05) is 42.5 Å². The van der Waals surface area contributed by atoms with Crippen LogP contribution in [-0.2, 0) is 6.54 Å². The Morgan fingerprint density at radius 3 is 2.47 bits per heavy atom. The van der Waals surface area contributed by atoms with Gasteiger partial charge < -0.3 is 14.6 Å². The summed E-state index contributed by atoms with van der Waals surface area (Å²) in [5, 5.41) is 3.00. The topological polar surface area (TPSA) is 52.9 Å². The first-order valence-corrected chi connectivity index (χ1v) is 11.0. The van der Waals surface area contributed by atoms with Gasteiger partial charge in [-0.05, 0) is 36.9 Å². The van der Waals surface area contributed by atoms with Gasteiger partial charge in [0.05, 0.1) is 5.69 Å². The van der Waals surface area contributed by atoms with Crippen molar-refractivity contribution in [3.8, 4) is 11.3 Å². The number of piperazine rings is 1. The van der Waals surface area contributed by atoms with Crippen LogP contribution in [0.3, 0.4) is 0 Å². The minimum Gasteiger partial charge on any atom is -0.322 e. The Morgan fingerprint density at radius 2 is 1.72 bits per heavy atom. The van der Waals surface area contributed by atoms with Crippen LogP contribution >= 0.6 is 0 Å². The van der Waals surface area contributed by atoms with Crippen molar-refractivity contribution in [1.82, 2.24) is 19.2 Å². The Kier molecular flexibility index (Phi) is 5.71. The molecule has 0 radical (unpaired) electrons. The molecule has 162 valence electrons. The molecule has 2 aromatic heterocycles. The van der Waals surface area contributed by atoms with Gasteiger partial charge in [0.25, 0.3) is 5.91 Å². The first-order valence-electron chi connectivity index (χ1n) is 11.0. The summed E-state index contributed by atoms with van der Waals surface area (Å²) in [6.45, 7) is 5.36. The summed E-state index contributed by atoms with van der Waals surface area (Å²) in [6, 6.07) is 21.8. The number of carbonyl (C=O) groups is 1. The number of benzene rings is 2. The zero-order valence-electron chi connectivity index (χ0n) is 18.2. The summed E-state index contributed by atoms with van der Waals surface area (Å²) >= 11 is 0. The number of pyridine rings is 1. The number of nitrogens with one attached hydrogen (secondary N) is 1. The Labute approximate surface area is 188 Å². The van der Waals surface area contributed by atoms with E-state index in [2.05, 4.69) is 39.3 Å². The van der Waals surface area contributed by atoms with E-state index in [9.17, 15) is 4.79 Å². The molecule has 0 atom stereocenters. The van der Waals surface area contributed by atoms with Gasteiger partial charge in [0, 0.05) is 61.9 Å². The molecule has 0 bridgehead atoms. The second-order valence-electron chi connectivity index (χ2n) is 8.40. The number of nitrogens with zero attached hydrogens (tertiary/aromatic N) is 4. The van der Waals surface area contributed by atoms with Crippen molar-refractivity contribution in [1.29, 1.82) is 0 Å². The molecular formula is C26H27N5O. The summed E-state index contributed by atoms with van der Waals surface area (Å²) in [4.78, 5) is 22.3. The van der Waals surface area contributed by atoms with E-state index in [0.29, 0.717) is 5.56 Å². The van der Waals surface area contributed by atoms with Crippen LogP contribution in [0.4, 0.5) is 5.69 Å². The highest BCUT2D eigenvalue weighted by molar-refractivity contribution is 6.04. The number of anilines is 1. The van der Waals surface area contributed by atoms with Crippen molar-refractivity contribution < 1.29 is 4.79 Å². The molecule has 1 amide bonds. The normalized spacial score (nSPS) is 15.2. The molecule has 1 N–H and O–H groups in total. The quantitative estimate of drug-likeness (QED) is 0.525. The summed E-state index contributed by atoms with van der Waals surface area (Å²) in [5.41, 5.74) is 5.34. The summed E-state index contributed by atoms with van der Waals surface area (Å²) in [5.74, 6) is -0.136. The molecule has 1 fully saturated rings. The molecule has 0 aliphatic carbocycles. The predicted octanol–water partition coefficient (Wildman–Crippen LogP) is 4.00. The van der Waals surface area contributed by atoms with Crippen LogP contribution in [0.15, 0.2) is 79.1 Å². The minimum absolute atomic E-state index is 0.136. The van der Waals surface area contributed by atoms with Crippen LogP contribution in [0.5, 0.6) is 0 Å². The Morgan fingerprint density at radius 1 is 0.969 bits per heavy atom. The van der Waals surface area contributed by atoms with E-state index in [4.69, 9.17) is 0 Å². The van der Waals surface area contributed by atoms with Gasteiger partial charge >= 0.3 is 0 Å². The summed E-state index contributed by atoms with van der Waals surface area (Å²) in [7, 11) is 2.17. The molecule has 0 spiro atoms. The Bertz CT molecular complexity index is 1210. The smallest absolute Gasteiger partial charge is 0.255 e. The molecular weight excluding hydrogens is 398 g/mol. The maximum absolute atomic E-state index is 12.8. The number of fused-ring (bicyclic) bond motifs is 1. The van der Waals surface area contributed by atoms with Crippen LogP contribution < -0.4 is 5.32 Å². The number of imidazole rings is 1. The molecule has 4 aromatic rings. The number of hydrogen-bond acceptors (Lipinski definition) is 4. The van der Waals surface area contributed by atoms with Crippen LogP contribution in [0.1, 0.15) is 15.9 Å². The molecule has 0 saturated carbocycles. The monoisotopic (exact) mass is 425 g/mol. The van der Waals surface area contributed by atoms with Crippen molar-refractivity contribution in [2.45, 2.75) is 6.54 Å². The van der Waals surface area contributed by atoms with Crippen molar-refractivity contribution in [3.05, 3.63) is 90.3 Å². The highest BCUT2D eigenvalue weighted by Gasteiger charge is 2.14. The molecule has 1 aliphatic heterocycles. The highest BCUT2D eigenvalue weighted by Crippen LogP contribution is 2.20. The third kappa shape index (κ3) is 4.56. The van der Waals surface area contributed by atoms with Gasteiger partial charge in [-0.2, -0.15) is 0 Å². The second-order valence-corrected chi connectivity index (χ2v) is 8.40. The zero-order valence-corrected chi connectivity index (χ0v) is 18.2. The fraction of sp³-hybridized carbons (Fsp3) is 0.231. The van der Waals surface area contributed by atoms with E-state index in [0.717, 1.165) is 55.3 Å². The van der Waals surface area contributed by atoms with E-state index >= 15 is 0 Å². The van der Waals surface area contributed by atoms with Crippen molar-refractivity contribution in [2.24, 2.45) is 0 Å². The number of rotatable bonds is 5. The van der Waals surface area contributed by atoms with Gasteiger partial charge in [-0.3, -0.25) is 9.69 Å². The zero-order chi connectivity index (χ0) is 21.9. The summed E-state index contributed by atoms with van der Waals surface area (Å²) < 4.78 is 1.94. The second kappa shape index (κ2) is 8.94. The maximum Gasteiger partial charge on any atom is 0.255 e. The average molecular weight is 426 g/mol. The summed E-state index contributed by atoms with van der Waals surface area (Å²) in [6.07, 6.45) is 3.86. The fourth-order valence-corrected chi connectivity index (χ4v) is 4.03. The predicted molar refractivity (Wildman–Crippen MR) is 128 cm³/mol. The van der Waals surface area contributed by atoms with Crippen molar-refractivity contribution in [2.75, 3.05) is 38.5 Å². The SMILES string of the molecule is CN1CCN(Cc2ccc(NC(=O)c3ccn4cc(-c5ccccc5)nc4c3)cc2)CC1. The highest BCUT2D eigenvalue weighted by atomic mass is 16.1. The van der Waals surface area contributed by atoms with Gasteiger partial charge in [0.2, 0.25) is 0 Å². The van der Waals surface area contributed by atoms with E-state index in [1.54, 1.807) is 0 Å². The lowest BCUT2D eigenvalue weighted by Gasteiger charge is -2.32. The number of likely N-dealkylation sites (N-methyl/N-ethyl adjacent to an activating group) is 1. The number of amides is 1. The first-order chi connectivity index (χ1) is 15.6. The van der Waals surface area contributed by atoms with Crippen LogP contribution in [0.2, 0.25) is 0 Å². The molecule has 6 nitrogen and oxygen atoms in total. The van der Waals surface area contributed by atoms with Gasteiger partial charge in [0.15, 0.2) is 0 Å². The standard InChI is InChI=1S/C26H27N5O/c1-29-13-15-30(16-14-29)18-20-7-9-23(10-8-20)27-26(32)22-11-12-31-19-24(28-25(31)17-22)21-5-3-2-4-6-21/h2-12,17,19H,13-16,18H2,1H3,(H,27,32). The molecule has 0 unspecified atom stereocenters. The van der Waals surface area contributed by atoms with Crippen LogP contribution in [0.25, 0.3) is 16.9 Å². The molecule has 2 aromatic carbocycles. The first kappa shape index (κ1) is 20.4. The molecule has 5 rings (SSSR count). The van der Waals surface area contributed by atoms with Crippen LogP contribution in [-0.4, -0.2) is 58.3 Å². The molecule has 32 heavy (non-hydrogen) atoms. The average Bonchev–Trinajstić information content (AvgIpc) is 3.26. The Hall–Kier alpha value is -3.48. The van der Waals surface area contributed by atoms with Gasteiger partial charge in [0.1, 0.15) is 5.65 Å². The maximum atomic E-state index is 12.8. The van der Waals surface area contributed by atoms with Crippen molar-refractivity contribution in [3.63, 3.8) is 0 Å². The lowest BCUT2D eigenvalue weighted by Crippen LogP contribution is -2.43. The van der Waals surface area contributed by atoms with E-state index < -0.39 is 0 Å². The number of carbonyl (C=O) groups excluding carboxylic acids is 1. The molecule has 1 saturated heterocycles. The minimum atomic E-state index is -0.136. The lowest BCUT2D eigenvalue weighted by molar-refractivity contribution is 0.102. The van der Waals surface area contributed by atoms with E-state index in [-0.39, 0.29) is 5.91 Å². The molecule has 3 heterocycles. The molecule has 1 aliphatic rings. The van der Waals surface area contributed by atoms with Crippen molar-refractivity contribution >= 4 is 17.2 Å². The van der Waals surface area contributed by atoms with E-state index in [1.165, 1.54) is 5.56 Å². The molecule has 6 heteroatoms. The van der Waals surface area contributed by atoms with Gasteiger partial charge in [-0.15, -0.1) is 0 Å². The number of hydrogen-bond donors (Lipinski definition) is 1. The van der Waals surface area contributed by atoms with E-state index in [1.807, 2.05) is 71.4 Å². The third-order valence-electron chi connectivity index (χ3n) is 6.01.